The van der Waals surface area contributed by atoms with E-state index in [4.69, 9.17) is 15.6 Å². The third-order valence-electron chi connectivity index (χ3n) is 2.79. The Bertz CT molecular complexity index is 356. The minimum absolute atomic E-state index is 0.174. The van der Waals surface area contributed by atoms with Crippen LogP contribution in [-0.2, 0) is 0 Å². The molecule has 0 amide bonds. The smallest absolute Gasteiger partial charge is 0.165 e. The Labute approximate surface area is 108 Å². The summed E-state index contributed by atoms with van der Waals surface area (Å²) >= 11 is 0. The van der Waals surface area contributed by atoms with Crippen LogP contribution in [0.1, 0.15) is 44.2 Å². The van der Waals surface area contributed by atoms with Crippen LogP contribution in [0.2, 0.25) is 0 Å². The monoisotopic (exact) mass is 255 g/mol. The maximum absolute atomic E-state index is 13.6. The van der Waals surface area contributed by atoms with E-state index in [2.05, 4.69) is 0 Å². The standard InChI is InChI=1S/C14H22FNO2/c1-11(16)12-6-7-14(13(15)10-12)18-9-5-3-2-4-8-17/h6-7,10-11,17H,2-5,8-9,16H2,1H3/t11-/m1/s1. The molecule has 0 unspecified atom stereocenters. The van der Waals surface area contributed by atoms with E-state index >= 15 is 0 Å². The SMILES string of the molecule is C[C@@H](N)c1ccc(OCCCCCCO)c(F)c1. The molecule has 102 valence electrons. The van der Waals surface area contributed by atoms with Gasteiger partial charge in [-0.3, -0.25) is 0 Å². The van der Waals surface area contributed by atoms with Gasteiger partial charge in [0.25, 0.3) is 0 Å². The predicted octanol–water partition coefficient (Wildman–Crippen LogP) is 2.78. The van der Waals surface area contributed by atoms with Crippen LogP contribution in [-0.4, -0.2) is 18.3 Å². The third-order valence-corrected chi connectivity index (χ3v) is 2.79. The van der Waals surface area contributed by atoms with Gasteiger partial charge in [0.05, 0.1) is 6.61 Å². The maximum atomic E-state index is 13.6. The highest BCUT2D eigenvalue weighted by Crippen LogP contribution is 2.21. The van der Waals surface area contributed by atoms with Crippen molar-refractivity contribution in [1.29, 1.82) is 0 Å². The summed E-state index contributed by atoms with van der Waals surface area (Å²) in [5.41, 5.74) is 6.44. The van der Waals surface area contributed by atoms with Crippen molar-refractivity contribution in [3.8, 4) is 5.75 Å². The number of benzene rings is 1. The highest BCUT2D eigenvalue weighted by molar-refractivity contribution is 5.30. The molecule has 0 radical (unpaired) electrons. The number of unbranched alkanes of at least 4 members (excludes halogenated alkanes) is 3. The second kappa shape index (κ2) is 8.06. The van der Waals surface area contributed by atoms with Gasteiger partial charge in [-0.25, -0.2) is 4.39 Å². The molecule has 0 aliphatic rings. The summed E-state index contributed by atoms with van der Waals surface area (Å²) < 4.78 is 19.0. The predicted molar refractivity (Wildman–Crippen MR) is 70.1 cm³/mol. The Hall–Kier alpha value is -1.13. The molecule has 0 aliphatic heterocycles. The Kier molecular flexibility index (Phi) is 6.68. The average Bonchev–Trinajstić information content (AvgIpc) is 2.35. The summed E-state index contributed by atoms with van der Waals surface area (Å²) in [6, 6.07) is 4.66. The fraction of sp³-hybridized carbons (Fsp3) is 0.571. The zero-order valence-corrected chi connectivity index (χ0v) is 10.9. The fourth-order valence-electron chi connectivity index (χ4n) is 1.67. The first kappa shape index (κ1) is 14.9. The molecule has 0 spiro atoms. The van der Waals surface area contributed by atoms with E-state index in [1.807, 2.05) is 6.92 Å². The van der Waals surface area contributed by atoms with Crippen molar-refractivity contribution >= 4 is 0 Å². The molecule has 1 aromatic rings. The summed E-state index contributed by atoms with van der Waals surface area (Å²) in [5.74, 6) is -0.0817. The molecule has 0 saturated carbocycles. The van der Waals surface area contributed by atoms with Gasteiger partial charge in [-0.05, 0) is 43.9 Å². The lowest BCUT2D eigenvalue weighted by atomic mass is 10.1. The second-order valence-electron chi connectivity index (χ2n) is 4.46. The van der Waals surface area contributed by atoms with Crippen LogP contribution < -0.4 is 10.5 Å². The first-order valence-electron chi connectivity index (χ1n) is 6.44. The first-order chi connectivity index (χ1) is 8.65. The van der Waals surface area contributed by atoms with Crippen molar-refractivity contribution < 1.29 is 14.2 Å². The number of aliphatic hydroxyl groups excluding tert-OH is 1. The molecule has 1 aromatic carbocycles. The average molecular weight is 255 g/mol. The summed E-state index contributed by atoms with van der Waals surface area (Å²) in [6.07, 6.45) is 3.65. The first-order valence-corrected chi connectivity index (χ1v) is 6.44. The molecule has 0 bridgehead atoms. The highest BCUT2D eigenvalue weighted by atomic mass is 19.1. The zero-order valence-electron chi connectivity index (χ0n) is 10.9. The van der Waals surface area contributed by atoms with Gasteiger partial charge >= 0.3 is 0 Å². The van der Waals surface area contributed by atoms with Crippen LogP contribution in [0.3, 0.4) is 0 Å². The minimum atomic E-state index is -0.361. The summed E-state index contributed by atoms with van der Waals surface area (Å²) in [6.45, 7) is 2.55. The van der Waals surface area contributed by atoms with Crippen molar-refractivity contribution in [3.05, 3.63) is 29.6 Å². The molecule has 0 aromatic heterocycles. The molecular weight excluding hydrogens is 233 g/mol. The van der Waals surface area contributed by atoms with E-state index in [1.54, 1.807) is 12.1 Å². The molecule has 0 heterocycles. The van der Waals surface area contributed by atoms with E-state index in [-0.39, 0.29) is 24.2 Å². The third kappa shape index (κ3) is 5.02. The number of ether oxygens (including phenoxy) is 1. The molecule has 0 saturated heterocycles. The largest absolute Gasteiger partial charge is 0.491 e. The number of hydrogen-bond acceptors (Lipinski definition) is 3. The van der Waals surface area contributed by atoms with Crippen LogP contribution in [0.15, 0.2) is 18.2 Å². The van der Waals surface area contributed by atoms with Crippen LogP contribution in [0, 0.1) is 5.82 Å². The van der Waals surface area contributed by atoms with Gasteiger partial charge in [0.15, 0.2) is 11.6 Å². The van der Waals surface area contributed by atoms with E-state index in [9.17, 15) is 4.39 Å². The van der Waals surface area contributed by atoms with E-state index in [0.29, 0.717) is 6.61 Å². The van der Waals surface area contributed by atoms with Crippen molar-refractivity contribution in [1.82, 2.24) is 0 Å². The van der Waals surface area contributed by atoms with Crippen LogP contribution in [0.25, 0.3) is 0 Å². The van der Waals surface area contributed by atoms with Crippen molar-refractivity contribution in [2.24, 2.45) is 5.73 Å². The lowest BCUT2D eigenvalue weighted by Gasteiger charge is -2.10. The van der Waals surface area contributed by atoms with Crippen molar-refractivity contribution in [2.75, 3.05) is 13.2 Å². The van der Waals surface area contributed by atoms with Gasteiger partial charge in [-0.1, -0.05) is 12.5 Å². The summed E-state index contributed by atoms with van der Waals surface area (Å²) in [7, 11) is 0. The molecule has 4 heteroatoms. The molecule has 3 N–H and O–H groups in total. The van der Waals surface area contributed by atoms with Gasteiger partial charge in [-0.2, -0.15) is 0 Å². The Morgan fingerprint density at radius 1 is 1.28 bits per heavy atom. The number of aliphatic hydroxyl groups is 1. The molecule has 0 fully saturated rings. The number of halogens is 1. The van der Waals surface area contributed by atoms with Gasteiger partial charge in [0.2, 0.25) is 0 Å². The van der Waals surface area contributed by atoms with Crippen LogP contribution >= 0.6 is 0 Å². The van der Waals surface area contributed by atoms with E-state index in [0.717, 1.165) is 31.2 Å². The molecule has 3 nitrogen and oxygen atoms in total. The highest BCUT2D eigenvalue weighted by Gasteiger charge is 2.06. The topological polar surface area (TPSA) is 55.5 Å². The quantitative estimate of drug-likeness (QED) is 0.702. The fourth-order valence-corrected chi connectivity index (χ4v) is 1.67. The Morgan fingerprint density at radius 3 is 2.61 bits per heavy atom. The van der Waals surface area contributed by atoms with Crippen LogP contribution in [0.5, 0.6) is 5.75 Å². The van der Waals surface area contributed by atoms with Gasteiger partial charge < -0.3 is 15.6 Å². The lowest BCUT2D eigenvalue weighted by Crippen LogP contribution is -2.06. The number of hydrogen-bond donors (Lipinski definition) is 2. The van der Waals surface area contributed by atoms with Gasteiger partial charge in [-0.15, -0.1) is 0 Å². The maximum Gasteiger partial charge on any atom is 0.165 e. The zero-order chi connectivity index (χ0) is 13.4. The Balaban J connectivity index is 2.34. The van der Waals surface area contributed by atoms with E-state index in [1.165, 1.54) is 6.07 Å². The second-order valence-corrected chi connectivity index (χ2v) is 4.46. The molecule has 18 heavy (non-hydrogen) atoms. The van der Waals surface area contributed by atoms with Gasteiger partial charge in [0.1, 0.15) is 0 Å². The normalized spacial score (nSPS) is 12.4. The van der Waals surface area contributed by atoms with Gasteiger partial charge in [0, 0.05) is 12.6 Å². The molecule has 1 atom stereocenters. The lowest BCUT2D eigenvalue weighted by molar-refractivity contribution is 0.269. The minimum Gasteiger partial charge on any atom is -0.491 e. The Morgan fingerprint density at radius 2 is 2.00 bits per heavy atom. The summed E-state index contributed by atoms with van der Waals surface area (Å²) in [5, 5.41) is 8.62. The van der Waals surface area contributed by atoms with E-state index < -0.39 is 0 Å². The molecule has 0 aliphatic carbocycles. The molecule has 1 rings (SSSR count). The van der Waals surface area contributed by atoms with Crippen molar-refractivity contribution in [3.63, 3.8) is 0 Å². The number of rotatable bonds is 8. The van der Waals surface area contributed by atoms with Crippen LogP contribution in [0.4, 0.5) is 4.39 Å². The molecular formula is C14H22FNO2. The van der Waals surface area contributed by atoms with Crippen molar-refractivity contribution in [2.45, 2.75) is 38.6 Å². The number of nitrogens with two attached hydrogens (primary N) is 1. The summed E-state index contributed by atoms with van der Waals surface area (Å²) in [4.78, 5) is 0.